The summed E-state index contributed by atoms with van der Waals surface area (Å²) in [7, 11) is 0. The highest BCUT2D eigenvalue weighted by molar-refractivity contribution is 5.00. The van der Waals surface area contributed by atoms with Crippen molar-refractivity contribution in [2.45, 2.75) is 6.92 Å². The maximum atomic E-state index is 4.81. The van der Waals surface area contributed by atoms with Crippen molar-refractivity contribution in [2.75, 3.05) is 13.2 Å². The van der Waals surface area contributed by atoms with Gasteiger partial charge in [-0.05, 0) is 6.92 Å². The van der Waals surface area contributed by atoms with Gasteiger partial charge in [-0.1, -0.05) is 11.6 Å². The first-order valence-corrected chi connectivity index (χ1v) is 2.40. The lowest BCUT2D eigenvalue weighted by Crippen LogP contribution is -2.21. The summed E-state index contributed by atoms with van der Waals surface area (Å²) in [5.41, 5.74) is 4.12. The van der Waals surface area contributed by atoms with Crippen LogP contribution in [0.2, 0.25) is 0 Å². The molecule has 0 spiro atoms. The van der Waals surface area contributed by atoms with Crippen molar-refractivity contribution in [2.24, 2.45) is 0 Å². The maximum absolute atomic E-state index is 4.81. The molecule has 2 heteroatoms. The summed E-state index contributed by atoms with van der Waals surface area (Å²) in [6.45, 7) is 3.67. The van der Waals surface area contributed by atoms with Gasteiger partial charge < -0.3 is 0 Å². The van der Waals surface area contributed by atoms with Gasteiger partial charge >= 0.3 is 0 Å². The fraction of sp³-hybridized carbons (Fsp3) is 0.600. The Bertz CT molecular complexity index is 88.1. The van der Waals surface area contributed by atoms with E-state index in [9.17, 15) is 0 Å². The van der Waals surface area contributed by atoms with Crippen LogP contribution in [0.15, 0.2) is 11.6 Å². The van der Waals surface area contributed by atoms with E-state index < -0.39 is 0 Å². The Morgan fingerprint density at radius 2 is 2.71 bits per heavy atom. The Morgan fingerprint density at radius 1 is 1.86 bits per heavy atom. The lowest BCUT2D eigenvalue weighted by molar-refractivity contribution is 0.0595. The SMILES string of the molecule is CC1=CCONC1. The first-order chi connectivity index (χ1) is 3.39. The van der Waals surface area contributed by atoms with Gasteiger partial charge in [0.2, 0.25) is 0 Å². The number of rotatable bonds is 0. The highest BCUT2D eigenvalue weighted by Gasteiger charge is 1.93. The first-order valence-electron chi connectivity index (χ1n) is 2.40. The lowest BCUT2D eigenvalue weighted by atomic mass is 10.3. The van der Waals surface area contributed by atoms with E-state index >= 15 is 0 Å². The molecule has 1 heterocycles. The third-order valence-electron chi connectivity index (χ3n) is 0.968. The zero-order valence-electron chi connectivity index (χ0n) is 4.40. The van der Waals surface area contributed by atoms with Crippen LogP contribution in [-0.4, -0.2) is 13.2 Å². The van der Waals surface area contributed by atoms with Crippen LogP contribution >= 0.6 is 0 Å². The molecule has 1 aliphatic heterocycles. The van der Waals surface area contributed by atoms with E-state index in [-0.39, 0.29) is 0 Å². The molecule has 0 fully saturated rings. The first kappa shape index (κ1) is 4.81. The molecule has 0 amide bonds. The van der Waals surface area contributed by atoms with Crippen LogP contribution < -0.4 is 5.48 Å². The van der Waals surface area contributed by atoms with Crippen LogP contribution in [0.1, 0.15) is 6.92 Å². The Balaban J connectivity index is 2.40. The smallest absolute Gasteiger partial charge is 0.0866 e. The quantitative estimate of drug-likeness (QED) is 0.446. The molecule has 0 aromatic rings. The molecule has 1 rings (SSSR count). The van der Waals surface area contributed by atoms with E-state index in [1.165, 1.54) is 5.57 Å². The third kappa shape index (κ3) is 1.29. The summed E-state index contributed by atoms with van der Waals surface area (Å²) < 4.78 is 0. The van der Waals surface area contributed by atoms with Gasteiger partial charge in [0.25, 0.3) is 0 Å². The minimum absolute atomic E-state index is 0.714. The van der Waals surface area contributed by atoms with Crippen molar-refractivity contribution in [1.82, 2.24) is 5.48 Å². The molecule has 0 radical (unpaired) electrons. The van der Waals surface area contributed by atoms with Gasteiger partial charge in [-0.2, -0.15) is 5.48 Å². The number of hydrogen-bond acceptors (Lipinski definition) is 2. The summed E-state index contributed by atoms with van der Waals surface area (Å²) in [4.78, 5) is 4.81. The second kappa shape index (κ2) is 2.09. The second-order valence-electron chi connectivity index (χ2n) is 1.68. The van der Waals surface area contributed by atoms with Crippen molar-refractivity contribution in [3.8, 4) is 0 Å². The van der Waals surface area contributed by atoms with E-state index in [1.807, 2.05) is 0 Å². The molecule has 0 bridgehead atoms. The average Bonchev–Trinajstić information content (AvgIpc) is 1.69. The predicted molar refractivity (Wildman–Crippen MR) is 27.7 cm³/mol. The largest absolute Gasteiger partial charge is 0.297 e. The Labute approximate surface area is 43.1 Å². The van der Waals surface area contributed by atoms with Gasteiger partial charge in [-0.25, -0.2) is 0 Å². The molecular formula is C5H9NO. The molecule has 0 saturated heterocycles. The summed E-state index contributed by atoms with van der Waals surface area (Å²) in [5, 5.41) is 0. The zero-order chi connectivity index (χ0) is 5.11. The van der Waals surface area contributed by atoms with Crippen molar-refractivity contribution < 1.29 is 4.84 Å². The predicted octanol–water partition coefficient (Wildman–Crippen LogP) is 0.467. The van der Waals surface area contributed by atoms with Crippen LogP contribution in [0.3, 0.4) is 0 Å². The van der Waals surface area contributed by atoms with Gasteiger partial charge in [0, 0.05) is 6.54 Å². The van der Waals surface area contributed by atoms with Gasteiger partial charge in [0.15, 0.2) is 0 Å². The molecule has 2 nitrogen and oxygen atoms in total. The van der Waals surface area contributed by atoms with Crippen molar-refractivity contribution >= 4 is 0 Å². The Hall–Kier alpha value is -0.340. The Kier molecular flexibility index (Phi) is 1.44. The van der Waals surface area contributed by atoms with Crippen LogP contribution in [-0.2, 0) is 4.84 Å². The van der Waals surface area contributed by atoms with Gasteiger partial charge in [-0.3, -0.25) is 4.84 Å². The van der Waals surface area contributed by atoms with Crippen LogP contribution in [0, 0.1) is 0 Å². The van der Waals surface area contributed by atoms with E-state index in [2.05, 4.69) is 18.5 Å². The standard InChI is InChI=1S/C5H9NO/c1-5-2-3-7-6-4-5/h2,6H,3-4H2,1H3. The fourth-order valence-electron chi connectivity index (χ4n) is 0.480. The minimum Gasteiger partial charge on any atom is -0.297 e. The molecule has 7 heavy (non-hydrogen) atoms. The summed E-state index contributed by atoms with van der Waals surface area (Å²) in [6.07, 6.45) is 2.07. The maximum Gasteiger partial charge on any atom is 0.0866 e. The highest BCUT2D eigenvalue weighted by atomic mass is 16.6. The average molecular weight is 99.1 g/mol. The van der Waals surface area contributed by atoms with Crippen molar-refractivity contribution in [3.63, 3.8) is 0 Å². The summed E-state index contributed by atoms with van der Waals surface area (Å²) in [5.74, 6) is 0. The van der Waals surface area contributed by atoms with E-state index in [0.717, 1.165) is 6.54 Å². The Morgan fingerprint density at radius 3 is 3.00 bits per heavy atom. The molecule has 0 atom stereocenters. The molecule has 0 aromatic heterocycles. The number of nitrogens with one attached hydrogen (secondary N) is 1. The molecule has 0 saturated carbocycles. The van der Waals surface area contributed by atoms with Crippen LogP contribution in [0.4, 0.5) is 0 Å². The normalized spacial score (nSPS) is 21.6. The molecule has 0 unspecified atom stereocenters. The minimum atomic E-state index is 0.714. The monoisotopic (exact) mass is 99.1 g/mol. The second-order valence-corrected chi connectivity index (χ2v) is 1.68. The zero-order valence-corrected chi connectivity index (χ0v) is 4.40. The van der Waals surface area contributed by atoms with Crippen LogP contribution in [0.5, 0.6) is 0 Å². The number of hydrogen-bond donors (Lipinski definition) is 1. The van der Waals surface area contributed by atoms with Gasteiger partial charge in [0.05, 0.1) is 6.61 Å². The van der Waals surface area contributed by atoms with Gasteiger partial charge in [0.1, 0.15) is 0 Å². The van der Waals surface area contributed by atoms with Crippen molar-refractivity contribution in [3.05, 3.63) is 11.6 Å². The van der Waals surface area contributed by atoms with Crippen LogP contribution in [0.25, 0.3) is 0 Å². The molecular weight excluding hydrogens is 90.1 g/mol. The van der Waals surface area contributed by atoms with E-state index in [1.54, 1.807) is 0 Å². The van der Waals surface area contributed by atoms with Crippen molar-refractivity contribution in [1.29, 1.82) is 0 Å². The number of hydroxylamine groups is 1. The molecule has 0 aromatic carbocycles. The molecule has 40 valence electrons. The summed E-state index contributed by atoms with van der Waals surface area (Å²) in [6, 6.07) is 0. The fourth-order valence-corrected chi connectivity index (χ4v) is 0.480. The lowest BCUT2D eigenvalue weighted by Gasteiger charge is -2.09. The van der Waals surface area contributed by atoms with E-state index in [4.69, 9.17) is 4.84 Å². The topological polar surface area (TPSA) is 21.3 Å². The molecule has 1 aliphatic rings. The molecule has 0 aliphatic carbocycles. The summed E-state index contributed by atoms with van der Waals surface area (Å²) >= 11 is 0. The highest BCUT2D eigenvalue weighted by Crippen LogP contribution is 1.93. The van der Waals surface area contributed by atoms with Gasteiger partial charge in [-0.15, -0.1) is 0 Å². The van der Waals surface area contributed by atoms with E-state index in [0.29, 0.717) is 6.61 Å². The molecule has 1 N–H and O–H groups in total. The third-order valence-corrected chi connectivity index (χ3v) is 0.968.